The van der Waals surface area contributed by atoms with Crippen LogP contribution in [-0.2, 0) is 4.74 Å². The number of benzene rings is 1. The Morgan fingerprint density at radius 3 is 2.41 bits per heavy atom. The summed E-state index contributed by atoms with van der Waals surface area (Å²) in [6.45, 7) is 4.40. The maximum absolute atomic E-state index is 5.65. The third-order valence-electron chi connectivity index (χ3n) is 3.54. The van der Waals surface area contributed by atoms with Gasteiger partial charge in [0.15, 0.2) is 0 Å². The van der Waals surface area contributed by atoms with E-state index in [-0.39, 0.29) is 6.10 Å². The highest BCUT2D eigenvalue weighted by molar-refractivity contribution is 5.78. The van der Waals surface area contributed by atoms with Crippen LogP contribution >= 0.6 is 0 Å². The number of fused-ring (bicyclic) bond motifs is 1. The van der Waals surface area contributed by atoms with E-state index in [0.29, 0.717) is 0 Å². The van der Waals surface area contributed by atoms with Gasteiger partial charge in [0.2, 0.25) is 0 Å². The number of hydrogen-bond acceptors (Lipinski definition) is 2. The van der Waals surface area contributed by atoms with Crippen molar-refractivity contribution in [2.24, 2.45) is 0 Å². The number of rotatable bonds is 4. The molecular weight excluding hydrogens is 212 g/mol. The minimum atomic E-state index is 0.135. The van der Waals surface area contributed by atoms with Gasteiger partial charge in [0.1, 0.15) is 11.9 Å². The zero-order chi connectivity index (χ0) is 12.4. The monoisotopic (exact) mass is 232 g/mol. The van der Waals surface area contributed by atoms with Crippen LogP contribution < -0.4 is 4.74 Å². The first-order valence-corrected chi connectivity index (χ1v) is 6.19. The van der Waals surface area contributed by atoms with Crippen molar-refractivity contribution >= 4 is 5.57 Å². The summed E-state index contributed by atoms with van der Waals surface area (Å²) in [5, 5.41) is 0. The van der Waals surface area contributed by atoms with Gasteiger partial charge in [-0.05, 0) is 47.2 Å². The second-order valence-corrected chi connectivity index (χ2v) is 4.28. The van der Waals surface area contributed by atoms with Crippen molar-refractivity contribution in [3.05, 3.63) is 34.9 Å². The van der Waals surface area contributed by atoms with Gasteiger partial charge < -0.3 is 9.47 Å². The molecule has 0 fully saturated rings. The first-order chi connectivity index (χ1) is 8.26. The fraction of sp³-hybridized carbons (Fsp3) is 0.467. The SMILES string of the molecule is CCC1=C(CC)C(OC)c2ccc(OC)cc21. The second-order valence-electron chi connectivity index (χ2n) is 4.28. The van der Waals surface area contributed by atoms with Gasteiger partial charge in [0.25, 0.3) is 0 Å². The van der Waals surface area contributed by atoms with Crippen molar-refractivity contribution in [1.82, 2.24) is 0 Å². The second kappa shape index (κ2) is 4.92. The number of ether oxygens (including phenoxy) is 2. The van der Waals surface area contributed by atoms with Crippen LogP contribution in [0.4, 0.5) is 0 Å². The predicted octanol–water partition coefficient (Wildman–Crippen LogP) is 3.97. The smallest absolute Gasteiger partial charge is 0.119 e. The third kappa shape index (κ3) is 1.87. The van der Waals surface area contributed by atoms with Crippen LogP contribution in [0.25, 0.3) is 5.57 Å². The Labute approximate surface area is 103 Å². The van der Waals surface area contributed by atoms with Gasteiger partial charge in [-0.25, -0.2) is 0 Å². The summed E-state index contributed by atoms with van der Waals surface area (Å²) in [6.07, 6.45) is 2.22. The molecule has 0 aliphatic heterocycles. The highest BCUT2D eigenvalue weighted by Crippen LogP contribution is 2.46. The van der Waals surface area contributed by atoms with E-state index in [0.717, 1.165) is 18.6 Å². The number of allylic oxidation sites excluding steroid dienone is 1. The Morgan fingerprint density at radius 2 is 1.88 bits per heavy atom. The summed E-state index contributed by atoms with van der Waals surface area (Å²) in [5.41, 5.74) is 5.42. The van der Waals surface area contributed by atoms with E-state index in [4.69, 9.17) is 9.47 Å². The Kier molecular flexibility index (Phi) is 3.53. The molecule has 92 valence electrons. The molecule has 0 N–H and O–H groups in total. The Balaban J connectivity index is 2.56. The largest absolute Gasteiger partial charge is 0.497 e. The molecule has 1 unspecified atom stereocenters. The van der Waals surface area contributed by atoms with E-state index in [1.54, 1.807) is 14.2 Å². The van der Waals surface area contributed by atoms with Crippen molar-refractivity contribution in [3.63, 3.8) is 0 Å². The first kappa shape index (κ1) is 12.2. The lowest BCUT2D eigenvalue weighted by Crippen LogP contribution is -2.00. The average molecular weight is 232 g/mol. The van der Waals surface area contributed by atoms with Gasteiger partial charge in [-0.2, -0.15) is 0 Å². The van der Waals surface area contributed by atoms with Gasteiger partial charge in [0.05, 0.1) is 7.11 Å². The maximum Gasteiger partial charge on any atom is 0.119 e. The van der Waals surface area contributed by atoms with Gasteiger partial charge >= 0.3 is 0 Å². The van der Waals surface area contributed by atoms with Crippen LogP contribution in [-0.4, -0.2) is 14.2 Å². The van der Waals surface area contributed by atoms with Gasteiger partial charge in [0, 0.05) is 7.11 Å². The highest BCUT2D eigenvalue weighted by Gasteiger charge is 2.29. The molecule has 2 heteroatoms. The van der Waals surface area contributed by atoms with Crippen LogP contribution in [0.2, 0.25) is 0 Å². The first-order valence-electron chi connectivity index (χ1n) is 6.19. The molecule has 0 bridgehead atoms. The molecule has 0 spiro atoms. The summed E-state index contributed by atoms with van der Waals surface area (Å²) in [6, 6.07) is 6.26. The van der Waals surface area contributed by atoms with Crippen LogP contribution in [0.5, 0.6) is 5.75 Å². The Morgan fingerprint density at radius 1 is 1.12 bits per heavy atom. The quantitative estimate of drug-likeness (QED) is 0.782. The molecule has 1 aromatic rings. The van der Waals surface area contributed by atoms with Crippen molar-refractivity contribution < 1.29 is 9.47 Å². The molecule has 17 heavy (non-hydrogen) atoms. The molecule has 0 aromatic heterocycles. The van der Waals surface area contributed by atoms with Gasteiger partial charge in [-0.1, -0.05) is 19.9 Å². The molecular formula is C15H20O2. The highest BCUT2D eigenvalue weighted by atomic mass is 16.5. The lowest BCUT2D eigenvalue weighted by molar-refractivity contribution is 0.133. The molecule has 0 amide bonds. The third-order valence-corrected chi connectivity index (χ3v) is 3.54. The summed E-state index contributed by atoms with van der Waals surface area (Å²) in [4.78, 5) is 0. The minimum Gasteiger partial charge on any atom is -0.497 e. The molecule has 1 atom stereocenters. The summed E-state index contributed by atoms with van der Waals surface area (Å²) < 4.78 is 11.0. The van der Waals surface area contributed by atoms with Crippen molar-refractivity contribution in [1.29, 1.82) is 0 Å². The van der Waals surface area contributed by atoms with Crippen LogP contribution in [0.15, 0.2) is 23.8 Å². The standard InChI is InChI=1S/C15H20O2/c1-5-11-12(6-2)15(17-4)13-8-7-10(16-3)9-14(11)13/h7-9,15H,5-6H2,1-4H3. The molecule has 0 saturated carbocycles. The molecule has 1 aromatic carbocycles. The van der Waals surface area contributed by atoms with E-state index >= 15 is 0 Å². The molecule has 1 aliphatic carbocycles. The Hall–Kier alpha value is -1.28. The molecule has 0 saturated heterocycles. The van der Waals surface area contributed by atoms with Gasteiger partial charge in [-0.15, -0.1) is 0 Å². The fourth-order valence-corrected chi connectivity index (χ4v) is 2.76. The van der Waals surface area contributed by atoms with E-state index in [1.807, 2.05) is 6.07 Å². The average Bonchev–Trinajstić information content (AvgIpc) is 2.69. The lowest BCUT2D eigenvalue weighted by Gasteiger charge is -2.14. The summed E-state index contributed by atoms with van der Waals surface area (Å²) >= 11 is 0. The number of hydrogen-bond donors (Lipinski definition) is 0. The summed E-state index contributed by atoms with van der Waals surface area (Å²) in [5.74, 6) is 0.918. The van der Waals surface area contributed by atoms with Crippen LogP contribution in [0, 0.1) is 0 Å². The lowest BCUT2D eigenvalue weighted by atomic mass is 10.0. The van der Waals surface area contributed by atoms with Gasteiger partial charge in [-0.3, -0.25) is 0 Å². The van der Waals surface area contributed by atoms with E-state index in [1.165, 1.54) is 22.3 Å². The maximum atomic E-state index is 5.65. The molecule has 0 heterocycles. The summed E-state index contributed by atoms with van der Waals surface area (Å²) in [7, 11) is 3.49. The fourth-order valence-electron chi connectivity index (χ4n) is 2.76. The minimum absolute atomic E-state index is 0.135. The molecule has 1 aliphatic rings. The Bertz CT molecular complexity index is 446. The number of methoxy groups -OCH3 is 2. The predicted molar refractivity (Wildman–Crippen MR) is 70.2 cm³/mol. The molecule has 0 radical (unpaired) electrons. The van der Waals surface area contributed by atoms with Crippen molar-refractivity contribution in [3.8, 4) is 5.75 Å². The normalized spacial score (nSPS) is 18.5. The van der Waals surface area contributed by atoms with E-state index in [2.05, 4.69) is 26.0 Å². The van der Waals surface area contributed by atoms with Crippen molar-refractivity contribution in [2.45, 2.75) is 32.8 Å². The van der Waals surface area contributed by atoms with E-state index in [9.17, 15) is 0 Å². The van der Waals surface area contributed by atoms with E-state index < -0.39 is 0 Å². The molecule has 2 nitrogen and oxygen atoms in total. The van der Waals surface area contributed by atoms with Crippen LogP contribution in [0.3, 0.4) is 0 Å². The molecule has 2 rings (SSSR count). The van der Waals surface area contributed by atoms with Crippen molar-refractivity contribution in [2.75, 3.05) is 14.2 Å². The van der Waals surface area contributed by atoms with Crippen LogP contribution in [0.1, 0.15) is 43.9 Å². The topological polar surface area (TPSA) is 18.5 Å². The zero-order valence-corrected chi connectivity index (χ0v) is 11.0. The zero-order valence-electron chi connectivity index (χ0n) is 11.0.